The van der Waals surface area contributed by atoms with Crippen LogP contribution < -0.4 is 0 Å². The molecule has 0 unspecified atom stereocenters. The maximum absolute atomic E-state index is 12.7. The van der Waals surface area contributed by atoms with Gasteiger partial charge in [-0.1, -0.05) is 59.7 Å². The molecule has 24 heavy (non-hydrogen) atoms. The average Bonchev–Trinajstić information content (AvgIpc) is 2.60. The molecule has 2 nitrogen and oxygen atoms in total. The minimum absolute atomic E-state index is 0.0204. The zero-order chi connectivity index (χ0) is 17.1. The van der Waals surface area contributed by atoms with Gasteiger partial charge in [0.2, 0.25) is 0 Å². The molecule has 2 aromatic carbocycles. The fraction of sp³-hybridized carbons (Fsp3) is 0.182. The van der Waals surface area contributed by atoms with Crippen molar-refractivity contribution in [2.24, 2.45) is 0 Å². The smallest absolute Gasteiger partial charge is 0.193 e. The number of carbonyl (C=O) groups excluding carboxylic acids is 2. The first-order valence-corrected chi connectivity index (χ1v) is 8.18. The third kappa shape index (κ3) is 3.43. The van der Waals surface area contributed by atoms with Gasteiger partial charge < -0.3 is 0 Å². The van der Waals surface area contributed by atoms with E-state index < -0.39 is 0 Å². The summed E-state index contributed by atoms with van der Waals surface area (Å²) in [6.45, 7) is 4.00. The molecule has 1 aliphatic rings. The van der Waals surface area contributed by atoms with Crippen LogP contribution in [0.2, 0.25) is 0 Å². The van der Waals surface area contributed by atoms with Gasteiger partial charge in [-0.3, -0.25) is 9.59 Å². The molecule has 0 heterocycles. The second kappa shape index (κ2) is 6.79. The average molecular weight is 316 g/mol. The first kappa shape index (κ1) is 16.1. The molecule has 0 atom stereocenters. The van der Waals surface area contributed by atoms with Gasteiger partial charge in [0.25, 0.3) is 0 Å². The summed E-state index contributed by atoms with van der Waals surface area (Å²) in [5.41, 5.74) is 4.73. The lowest BCUT2D eigenvalue weighted by molar-refractivity contribution is 0.103. The summed E-state index contributed by atoms with van der Waals surface area (Å²) in [6.07, 6.45) is 5.82. The van der Waals surface area contributed by atoms with E-state index in [2.05, 4.69) is 0 Å². The Morgan fingerprint density at radius 2 is 1.46 bits per heavy atom. The molecular formula is C22H20O2. The van der Waals surface area contributed by atoms with Crippen LogP contribution in [0.1, 0.15) is 51.6 Å². The van der Waals surface area contributed by atoms with Gasteiger partial charge in [0.15, 0.2) is 11.6 Å². The lowest BCUT2D eigenvalue weighted by Gasteiger charge is -2.10. The van der Waals surface area contributed by atoms with E-state index in [1.807, 2.05) is 44.2 Å². The molecular weight excluding hydrogens is 296 g/mol. The van der Waals surface area contributed by atoms with Crippen molar-refractivity contribution < 1.29 is 9.59 Å². The molecule has 0 aliphatic heterocycles. The Hall–Kier alpha value is -2.74. The van der Waals surface area contributed by atoms with Crippen molar-refractivity contribution in [2.75, 3.05) is 0 Å². The molecule has 120 valence electrons. The van der Waals surface area contributed by atoms with Crippen LogP contribution in [-0.2, 0) is 0 Å². The standard InChI is InChI=1S/C22H20O2/c1-15-6-3-8-17(12-15)21(23)19-10-5-11-20(14-19)22(24)18-9-4-7-16(2)13-18/h3,5-6,8-14H,4,7H2,1-2H3. The molecule has 0 amide bonds. The maximum Gasteiger partial charge on any atom is 0.193 e. The zero-order valence-corrected chi connectivity index (χ0v) is 14.0. The SMILES string of the molecule is CC1=CC(C(=O)c2cccc(C(=O)c3cccc(C)c3)c2)=CCC1. The van der Waals surface area contributed by atoms with Gasteiger partial charge in [-0.05, 0) is 38.8 Å². The molecule has 2 heteroatoms. The summed E-state index contributed by atoms with van der Waals surface area (Å²) in [5.74, 6) is -0.0781. The van der Waals surface area contributed by atoms with E-state index >= 15 is 0 Å². The van der Waals surface area contributed by atoms with E-state index in [1.54, 1.807) is 30.3 Å². The highest BCUT2D eigenvalue weighted by Crippen LogP contribution is 2.21. The topological polar surface area (TPSA) is 34.1 Å². The number of hydrogen-bond acceptors (Lipinski definition) is 2. The molecule has 2 aromatic rings. The van der Waals surface area contributed by atoms with Gasteiger partial charge in [0.1, 0.15) is 0 Å². The Kier molecular flexibility index (Phi) is 4.57. The number of ketones is 2. The van der Waals surface area contributed by atoms with E-state index in [1.165, 1.54) is 5.57 Å². The second-order valence-electron chi connectivity index (χ2n) is 6.30. The summed E-state index contributed by atoms with van der Waals surface area (Å²) >= 11 is 0. The molecule has 0 saturated carbocycles. The van der Waals surface area contributed by atoms with E-state index in [4.69, 9.17) is 0 Å². The van der Waals surface area contributed by atoms with Crippen molar-refractivity contribution in [1.82, 2.24) is 0 Å². The Morgan fingerprint density at radius 3 is 2.12 bits per heavy atom. The van der Waals surface area contributed by atoms with Crippen LogP contribution >= 0.6 is 0 Å². The molecule has 1 aliphatic carbocycles. The van der Waals surface area contributed by atoms with E-state index in [9.17, 15) is 9.59 Å². The first-order valence-electron chi connectivity index (χ1n) is 8.18. The minimum Gasteiger partial charge on any atom is -0.289 e. The van der Waals surface area contributed by atoms with Crippen molar-refractivity contribution in [2.45, 2.75) is 26.7 Å². The number of benzene rings is 2. The van der Waals surface area contributed by atoms with Crippen LogP contribution in [0.5, 0.6) is 0 Å². The third-order valence-electron chi connectivity index (χ3n) is 4.23. The van der Waals surface area contributed by atoms with E-state index in [-0.39, 0.29) is 11.6 Å². The molecule has 0 N–H and O–H groups in total. The predicted octanol–water partition coefficient (Wildman–Crippen LogP) is 5.08. The minimum atomic E-state index is -0.0577. The lowest BCUT2D eigenvalue weighted by Crippen LogP contribution is -2.07. The van der Waals surface area contributed by atoms with Gasteiger partial charge in [-0.15, -0.1) is 0 Å². The molecule has 0 bridgehead atoms. The predicted molar refractivity (Wildman–Crippen MR) is 96.5 cm³/mol. The van der Waals surface area contributed by atoms with Crippen molar-refractivity contribution in [3.8, 4) is 0 Å². The van der Waals surface area contributed by atoms with E-state index in [0.717, 1.165) is 24.0 Å². The second-order valence-corrected chi connectivity index (χ2v) is 6.30. The lowest BCUT2D eigenvalue weighted by atomic mass is 9.93. The van der Waals surface area contributed by atoms with E-state index in [0.29, 0.717) is 16.7 Å². The number of rotatable bonds is 4. The summed E-state index contributed by atoms with van der Waals surface area (Å²) in [6, 6.07) is 14.5. The molecule has 0 fully saturated rings. The fourth-order valence-corrected chi connectivity index (χ4v) is 2.93. The Labute approximate surface area is 142 Å². The highest BCUT2D eigenvalue weighted by atomic mass is 16.1. The molecule has 3 rings (SSSR count). The highest BCUT2D eigenvalue weighted by Gasteiger charge is 2.16. The quantitative estimate of drug-likeness (QED) is 0.738. The molecule has 0 aromatic heterocycles. The number of aryl methyl sites for hydroxylation is 1. The van der Waals surface area contributed by atoms with Crippen molar-refractivity contribution in [1.29, 1.82) is 0 Å². The number of allylic oxidation sites excluding steroid dienone is 4. The van der Waals surface area contributed by atoms with Crippen molar-refractivity contribution in [3.63, 3.8) is 0 Å². The summed E-state index contributed by atoms with van der Waals surface area (Å²) < 4.78 is 0. The first-order chi connectivity index (χ1) is 11.5. The van der Waals surface area contributed by atoms with Gasteiger partial charge in [0.05, 0.1) is 0 Å². The van der Waals surface area contributed by atoms with Crippen LogP contribution in [0.25, 0.3) is 0 Å². The highest BCUT2D eigenvalue weighted by molar-refractivity contribution is 6.14. The Bertz CT molecular complexity index is 869. The van der Waals surface area contributed by atoms with Gasteiger partial charge in [-0.25, -0.2) is 0 Å². The zero-order valence-electron chi connectivity index (χ0n) is 14.0. The number of hydrogen-bond donors (Lipinski definition) is 0. The van der Waals surface area contributed by atoms with Crippen LogP contribution in [-0.4, -0.2) is 11.6 Å². The fourth-order valence-electron chi connectivity index (χ4n) is 2.93. The Morgan fingerprint density at radius 1 is 0.833 bits per heavy atom. The molecule has 0 spiro atoms. The normalized spacial score (nSPS) is 13.9. The van der Waals surface area contributed by atoms with Crippen LogP contribution in [0, 0.1) is 6.92 Å². The van der Waals surface area contributed by atoms with Gasteiger partial charge >= 0.3 is 0 Å². The third-order valence-corrected chi connectivity index (χ3v) is 4.23. The van der Waals surface area contributed by atoms with Crippen LogP contribution in [0.15, 0.2) is 71.8 Å². The van der Waals surface area contributed by atoms with Gasteiger partial charge in [-0.2, -0.15) is 0 Å². The van der Waals surface area contributed by atoms with Gasteiger partial charge in [0, 0.05) is 22.3 Å². The summed E-state index contributed by atoms with van der Waals surface area (Å²) in [4.78, 5) is 25.4. The molecule has 0 saturated heterocycles. The van der Waals surface area contributed by atoms with Crippen LogP contribution in [0.4, 0.5) is 0 Å². The van der Waals surface area contributed by atoms with Crippen LogP contribution in [0.3, 0.4) is 0 Å². The monoisotopic (exact) mass is 316 g/mol. The largest absolute Gasteiger partial charge is 0.289 e. The van der Waals surface area contributed by atoms with Crippen molar-refractivity contribution in [3.05, 3.63) is 94.1 Å². The Balaban J connectivity index is 1.91. The number of Topliss-reactive ketones (excluding diaryl/α,β-unsaturated/α-hetero) is 1. The number of carbonyl (C=O) groups is 2. The summed E-state index contributed by atoms with van der Waals surface area (Å²) in [5, 5.41) is 0. The maximum atomic E-state index is 12.7. The molecule has 0 radical (unpaired) electrons. The van der Waals surface area contributed by atoms with Crippen molar-refractivity contribution >= 4 is 11.6 Å². The summed E-state index contributed by atoms with van der Waals surface area (Å²) in [7, 11) is 0.